The molecule has 0 fully saturated rings. The van der Waals surface area contributed by atoms with E-state index < -0.39 is 23.3 Å². The lowest BCUT2D eigenvalue weighted by molar-refractivity contribution is 0.476. The average Bonchev–Trinajstić information content (AvgIpc) is 2.42. The molecule has 4 heteroatoms. The summed E-state index contributed by atoms with van der Waals surface area (Å²) in [6.45, 7) is 2.04. The number of fused-ring (bicyclic) bond motifs is 1. The molecule has 0 radical (unpaired) electrons. The fourth-order valence-electron chi connectivity index (χ4n) is 2.95. The van der Waals surface area contributed by atoms with Crippen molar-refractivity contribution in [1.29, 1.82) is 0 Å². The molecule has 1 unspecified atom stereocenters. The smallest absolute Gasteiger partial charge is 0.159 e. The molecule has 110 valence electrons. The van der Waals surface area contributed by atoms with Crippen molar-refractivity contribution in [1.82, 2.24) is 0 Å². The molecular weight excluding hydrogens is 280 g/mol. The summed E-state index contributed by atoms with van der Waals surface area (Å²) in [5.74, 6) is -3.14. The second-order valence-corrected chi connectivity index (χ2v) is 5.66. The topological polar surface area (TPSA) is 0 Å². The molecule has 0 aliphatic heterocycles. The third-order valence-corrected chi connectivity index (χ3v) is 4.08. The Kier molecular flexibility index (Phi) is 3.47. The lowest BCUT2D eigenvalue weighted by atomic mass is 9.83. The number of rotatable bonds is 1. The molecule has 0 saturated heterocycles. The zero-order valence-corrected chi connectivity index (χ0v) is 11.5. The van der Waals surface area contributed by atoms with Gasteiger partial charge in [-0.3, -0.25) is 0 Å². The summed E-state index contributed by atoms with van der Waals surface area (Å²) in [7, 11) is 0. The molecule has 0 saturated carbocycles. The van der Waals surface area contributed by atoms with Gasteiger partial charge in [-0.1, -0.05) is 13.0 Å². The fourth-order valence-corrected chi connectivity index (χ4v) is 2.95. The van der Waals surface area contributed by atoms with Gasteiger partial charge in [0.2, 0.25) is 0 Å². The molecule has 2 aromatic rings. The van der Waals surface area contributed by atoms with Crippen LogP contribution in [-0.4, -0.2) is 0 Å². The van der Waals surface area contributed by atoms with Gasteiger partial charge in [-0.25, -0.2) is 17.6 Å². The first kappa shape index (κ1) is 14.1. The van der Waals surface area contributed by atoms with E-state index in [0.29, 0.717) is 29.9 Å². The highest BCUT2D eigenvalue weighted by Gasteiger charge is 2.24. The minimum absolute atomic E-state index is 0.0188. The Hall–Kier alpha value is -1.84. The average molecular weight is 294 g/mol. The van der Waals surface area contributed by atoms with Crippen molar-refractivity contribution in [3.05, 3.63) is 58.7 Å². The monoisotopic (exact) mass is 294 g/mol. The van der Waals surface area contributed by atoms with E-state index in [4.69, 9.17) is 0 Å². The summed E-state index contributed by atoms with van der Waals surface area (Å²) in [4.78, 5) is 0. The summed E-state index contributed by atoms with van der Waals surface area (Å²) >= 11 is 0. The predicted octanol–water partition coefficient (Wildman–Crippen LogP) is 5.03. The van der Waals surface area contributed by atoms with Crippen molar-refractivity contribution in [3.8, 4) is 11.1 Å². The number of hydrogen-bond donors (Lipinski definition) is 0. The van der Waals surface area contributed by atoms with Gasteiger partial charge < -0.3 is 0 Å². The number of benzene rings is 2. The van der Waals surface area contributed by atoms with Crippen molar-refractivity contribution in [2.45, 2.75) is 26.2 Å². The van der Waals surface area contributed by atoms with E-state index in [2.05, 4.69) is 0 Å². The molecule has 0 N–H and O–H groups in total. The number of hydrogen-bond acceptors (Lipinski definition) is 0. The Labute approximate surface area is 120 Å². The standard InChI is InChI=1S/C17H14F4/c1-9-2-4-12-11(6-9)8-15(20)16(17(12)21)10-3-5-13(18)14(19)7-10/h3,5,7-9H,2,4,6H2,1H3. The maximum absolute atomic E-state index is 14.6. The second-order valence-electron chi connectivity index (χ2n) is 5.66. The Bertz CT molecular complexity index is 706. The molecule has 0 nitrogen and oxygen atoms in total. The van der Waals surface area contributed by atoms with Crippen LogP contribution in [0.3, 0.4) is 0 Å². The van der Waals surface area contributed by atoms with Crippen molar-refractivity contribution in [2.24, 2.45) is 5.92 Å². The Morgan fingerprint density at radius 2 is 1.71 bits per heavy atom. The van der Waals surface area contributed by atoms with Gasteiger partial charge in [0, 0.05) is 0 Å². The fraction of sp³-hybridized carbons (Fsp3) is 0.294. The first-order valence-corrected chi connectivity index (χ1v) is 6.92. The van der Waals surface area contributed by atoms with Gasteiger partial charge in [0.1, 0.15) is 11.6 Å². The van der Waals surface area contributed by atoms with Crippen LogP contribution in [0.5, 0.6) is 0 Å². The van der Waals surface area contributed by atoms with Crippen molar-refractivity contribution in [2.75, 3.05) is 0 Å². The molecule has 21 heavy (non-hydrogen) atoms. The summed E-state index contributed by atoms with van der Waals surface area (Å²) < 4.78 is 55.1. The van der Waals surface area contributed by atoms with E-state index in [0.717, 1.165) is 18.6 Å². The Morgan fingerprint density at radius 1 is 0.952 bits per heavy atom. The van der Waals surface area contributed by atoms with Crippen LogP contribution in [0.25, 0.3) is 11.1 Å². The van der Waals surface area contributed by atoms with Crippen LogP contribution in [0, 0.1) is 29.2 Å². The normalized spacial score (nSPS) is 17.7. The zero-order chi connectivity index (χ0) is 15.1. The molecule has 0 heterocycles. The van der Waals surface area contributed by atoms with Gasteiger partial charge in [-0.05, 0) is 60.1 Å². The van der Waals surface area contributed by atoms with Crippen LogP contribution < -0.4 is 0 Å². The van der Waals surface area contributed by atoms with Gasteiger partial charge in [-0.2, -0.15) is 0 Å². The van der Waals surface area contributed by atoms with Gasteiger partial charge >= 0.3 is 0 Å². The van der Waals surface area contributed by atoms with Crippen molar-refractivity contribution >= 4 is 0 Å². The molecule has 1 aliphatic carbocycles. The summed E-state index contributed by atoms with van der Waals surface area (Å²) in [5.41, 5.74) is 0.914. The Morgan fingerprint density at radius 3 is 2.43 bits per heavy atom. The van der Waals surface area contributed by atoms with E-state index in [1.54, 1.807) is 0 Å². The van der Waals surface area contributed by atoms with E-state index in [-0.39, 0.29) is 11.1 Å². The predicted molar refractivity (Wildman–Crippen MR) is 72.9 cm³/mol. The minimum atomic E-state index is -1.11. The van der Waals surface area contributed by atoms with Crippen LogP contribution in [0.2, 0.25) is 0 Å². The highest BCUT2D eigenvalue weighted by Crippen LogP contribution is 2.35. The first-order valence-electron chi connectivity index (χ1n) is 6.92. The molecule has 1 atom stereocenters. The molecule has 0 amide bonds. The van der Waals surface area contributed by atoms with Gasteiger partial charge in [0.15, 0.2) is 11.6 Å². The van der Waals surface area contributed by atoms with Gasteiger partial charge in [-0.15, -0.1) is 0 Å². The molecule has 2 aromatic carbocycles. The molecule has 0 aromatic heterocycles. The third-order valence-electron chi connectivity index (χ3n) is 4.08. The molecule has 0 bridgehead atoms. The van der Waals surface area contributed by atoms with E-state index in [9.17, 15) is 17.6 Å². The van der Waals surface area contributed by atoms with Crippen molar-refractivity contribution < 1.29 is 17.6 Å². The number of halogens is 4. The molecule has 1 aliphatic rings. The largest absolute Gasteiger partial charge is 0.206 e. The highest BCUT2D eigenvalue weighted by atomic mass is 19.2. The van der Waals surface area contributed by atoms with Crippen LogP contribution in [0.15, 0.2) is 24.3 Å². The molecule has 3 rings (SSSR count). The highest BCUT2D eigenvalue weighted by molar-refractivity contribution is 5.67. The second kappa shape index (κ2) is 5.17. The quantitative estimate of drug-likeness (QED) is 0.647. The first-order chi connectivity index (χ1) is 9.97. The van der Waals surface area contributed by atoms with E-state index in [1.165, 1.54) is 12.1 Å². The lowest BCUT2D eigenvalue weighted by Gasteiger charge is -2.23. The Balaban J connectivity index is 2.17. The van der Waals surface area contributed by atoms with Crippen LogP contribution in [0.1, 0.15) is 24.5 Å². The molecular formula is C17H14F4. The maximum atomic E-state index is 14.6. The zero-order valence-electron chi connectivity index (χ0n) is 11.5. The van der Waals surface area contributed by atoms with E-state index >= 15 is 0 Å². The summed E-state index contributed by atoms with van der Waals surface area (Å²) in [6.07, 6.45) is 2.02. The van der Waals surface area contributed by atoms with E-state index in [1.807, 2.05) is 6.92 Å². The third kappa shape index (κ3) is 2.43. The van der Waals surface area contributed by atoms with Gasteiger partial charge in [0.25, 0.3) is 0 Å². The van der Waals surface area contributed by atoms with Crippen LogP contribution >= 0.6 is 0 Å². The lowest BCUT2D eigenvalue weighted by Crippen LogP contribution is -2.14. The molecule has 0 spiro atoms. The van der Waals surface area contributed by atoms with Gasteiger partial charge in [0.05, 0.1) is 5.56 Å². The van der Waals surface area contributed by atoms with Crippen molar-refractivity contribution in [3.63, 3.8) is 0 Å². The maximum Gasteiger partial charge on any atom is 0.159 e. The SMILES string of the molecule is CC1CCc2c(cc(F)c(-c3ccc(F)c(F)c3)c2F)C1. The summed E-state index contributed by atoms with van der Waals surface area (Å²) in [5, 5.41) is 0. The van der Waals surface area contributed by atoms with Crippen LogP contribution in [-0.2, 0) is 12.8 Å². The minimum Gasteiger partial charge on any atom is -0.206 e. The van der Waals surface area contributed by atoms with Crippen LogP contribution in [0.4, 0.5) is 17.6 Å². The summed E-state index contributed by atoms with van der Waals surface area (Å²) in [6, 6.07) is 4.22.